The van der Waals surface area contributed by atoms with Crippen LogP contribution < -0.4 is 5.32 Å². The van der Waals surface area contributed by atoms with Gasteiger partial charge in [-0.1, -0.05) is 24.4 Å². The van der Waals surface area contributed by atoms with Crippen LogP contribution in [-0.4, -0.2) is 34.2 Å². The van der Waals surface area contributed by atoms with Crippen LogP contribution in [0.1, 0.15) is 41.7 Å². The van der Waals surface area contributed by atoms with Gasteiger partial charge in [-0.25, -0.2) is 4.98 Å². The molecule has 2 aliphatic rings. The lowest BCUT2D eigenvalue weighted by atomic mass is 9.81. The normalized spacial score (nSPS) is 21.1. The highest BCUT2D eigenvalue weighted by molar-refractivity contribution is 7.15. The molecule has 170 valence electrons. The first-order chi connectivity index (χ1) is 15.1. The summed E-state index contributed by atoms with van der Waals surface area (Å²) in [4.78, 5) is 43.1. The molecule has 2 fully saturated rings. The zero-order valence-electron chi connectivity index (χ0n) is 16.7. The van der Waals surface area contributed by atoms with Gasteiger partial charge in [0, 0.05) is 22.5 Å². The summed E-state index contributed by atoms with van der Waals surface area (Å²) in [6.07, 6.45) is 0.215. The van der Waals surface area contributed by atoms with Crippen LogP contribution in [0, 0.1) is 11.8 Å². The first-order valence-electron chi connectivity index (χ1n) is 10.1. The predicted molar refractivity (Wildman–Crippen MR) is 112 cm³/mol. The molecule has 2 heterocycles. The molecule has 2 atom stereocenters. The molecule has 2 aromatic rings. The second-order valence-corrected chi connectivity index (χ2v) is 9.44. The Kier molecular flexibility index (Phi) is 6.26. The molecule has 1 saturated heterocycles. The molecule has 3 amide bonds. The molecule has 1 N–H and O–H groups in total. The van der Waals surface area contributed by atoms with Gasteiger partial charge in [0.25, 0.3) is 0 Å². The van der Waals surface area contributed by atoms with E-state index in [9.17, 15) is 27.6 Å². The minimum Gasteiger partial charge on any atom is -0.300 e. The van der Waals surface area contributed by atoms with E-state index in [0.717, 1.165) is 41.2 Å². The number of thiazole rings is 1. The molecule has 0 bridgehead atoms. The number of fused-ring (bicyclic) bond motifs is 1. The van der Waals surface area contributed by atoms with Crippen LogP contribution in [0.3, 0.4) is 0 Å². The van der Waals surface area contributed by atoms with E-state index in [-0.39, 0.29) is 46.8 Å². The minimum atomic E-state index is -4.48. The van der Waals surface area contributed by atoms with Crippen LogP contribution in [-0.2, 0) is 27.0 Å². The number of benzene rings is 1. The zero-order valence-corrected chi connectivity index (χ0v) is 18.3. The van der Waals surface area contributed by atoms with Crippen molar-refractivity contribution in [1.82, 2.24) is 9.88 Å². The summed E-state index contributed by atoms with van der Waals surface area (Å²) in [5, 5.41) is 2.98. The van der Waals surface area contributed by atoms with Gasteiger partial charge in [-0.2, -0.15) is 13.2 Å². The van der Waals surface area contributed by atoms with E-state index in [2.05, 4.69) is 10.3 Å². The SMILES string of the molecule is O=C(CN1C(=O)C2CCCCC2C1=O)Nc1ncc(Cc2cc(C(F)(F)F)ccc2Cl)s1. The van der Waals surface area contributed by atoms with Crippen molar-refractivity contribution < 1.29 is 27.6 Å². The molecule has 11 heteroatoms. The van der Waals surface area contributed by atoms with Gasteiger partial charge < -0.3 is 5.32 Å². The first kappa shape index (κ1) is 22.7. The predicted octanol–water partition coefficient (Wildman–Crippen LogP) is 4.52. The summed E-state index contributed by atoms with van der Waals surface area (Å²) in [5.41, 5.74) is -0.505. The standard InChI is InChI=1S/C21H19ClF3N3O3S/c22-16-6-5-12(21(23,24)25)7-11(16)8-13-9-26-20(32-13)27-17(29)10-28-18(30)14-3-1-2-4-15(14)19(28)31/h5-7,9,14-15H,1-4,8,10H2,(H,26,27,29). The Morgan fingerprint density at radius 1 is 1.19 bits per heavy atom. The lowest BCUT2D eigenvalue weighted by molar-refractivity contribution is -0.142. The van der Waals surface area contributed by atoms with Crippen molar-refractivity contribution in [1.29, 1.82) is 0 Å². The van der Waals surface area contributed by atoms with Crippen molar-refractivity contribution in [3.05, 3.63) is 45.4 Å². The van der Waals surface area contributed by atoms with Gasteiger partial charge in [-0.05, 0) is 36.6 Å². The number of anilines is 1. The van der Waals surface area contributed by atoms with Gasteiger partial charge in [0.1, 0.15) is 6.54 Å². The van der Waals surface area contributed by atoms with Crippen molar-refractivity contribution in [3.63, 3.8) is 0 Å². The number of amides is 3. The summed E-state index contributed by atoms with van der Waals surface area (Å²) in [6, 6.07) is 3.11. The molecule has 1 aromatic heterocycles. The largest absolute Gasteiger partial charge is 0.416 e. The third kappa shape index (κ3) is 4.66. The number of hydrogen-bond acceptors (Lipinski definition) is 5. The second-order valence-electron chi connectivity index (χ2n) is 7.92. The monoisotopic (exact) mass is 485 g/mol. The Hall–Kier alpha value is -2.46. The molecular weight excluding hydrogens is 467 g/mol. The molecule has 1 aliphatic heterocycles. The molecule has 1 aliphatic carbocycles. The van der Waals surface area contributed by atoms with Crippen molar-refractivity contribution in [2.75, 3.05) is 11.9 Å². The molecule has 32 heavy (non-hydrogen) atoms. The second kappa shape index (κ2) is 8.82. The van der Waals surface area contributed by atoms with Crippen LogP contribution in [0.2, 0.25) is 5.02 Å². The summed E-state index contributed by atoms with van der Waals surface area (Å²) in [7, 11) is 0. The molecule has 0 radical (unpaired) electrons. The molecular formula is C21H19ClF3N3O3S. The highest BCUT2D eigenvalue weighted by Gasteiger charge is 2.48. The number of hydrogen-bond donors (Lipinski definition) is 1. The van der Waals surface area contributed by atoms with Gasteiger partial charge >= 0.3 is 6.18 Å². The fourth-order valence-electron chi connectivity index (χ4n) is 4.21. The number of aromatic nitrogens is 1. The third-order valence-electron chi connectivity index (χ3n) is 5.77. The maximum atomic E-state index is 13.0. The van der Waals surface area contributed by atoms with Crippen LogP contribution in [0.15, 0.2) is 24.4 Å². The average molecular weight is 486 g/mol. The number of imide groups is 1. The van der Waals surface area contributed by atoms with E-state index in [1.165, 1.54) is 12.3 Å². The van der Waals surface area contributed by atoms with E-state index in [1.54, 1.807) is 0 Å². The van der Waals surface area contributed by atoms with Crippen molar-refractivity contribution in [2.45, 2.75) is 38.3 Å². The van der Waals surface area contributed by atoms with E-state index < -0.39 is 17.6 Å². The minimum absolute atomic E-state index is 0.114. The average Bonchev–Trinajstić information content (AvgIpc) is 3.27. The van der Waals surface area contributed by atoms with E-state index >= 15 is 0 Å². The first-order valence-corrected chi connectivity index (χ1v) is 11.3. The number of rotatable bonds is 5. The smallest absolute Gasteiger partial charge is 0.300 e. The summed E-state index contributed by atoms with van der Waals surface area (Å²) in [5.74, 6) is -1.80. The maximum absolute atomic E-state index is 13.0. The number of alkyl halides is 3. The number of carbonyl (C=O) groups excluding carboxylic acids is 3. The van der Waals surface area contributed by atoms with Gasteiger partial charge in [-0.15, -0.1) is 11.3 Å². The molecule has 1 aromatic carbocycles. The molecule has 1 saturated carbocycles. The van der Waals surface area contributed by atoms with E-state index in [1.807, 2.05) is 0 Å². The third-order valence-corrected chi connectivity index (χ3v) is 7.05. The van der Waals surface area contributed by atoms with Gasteiger partial charge in [-0.3, -0.25) is 19.3 Å². The van der Waals surface area contributed by atoms with Gasteiger partial charge in [0.05, 0.1) is 17.4 Å². The van der Waals surface area contributed by atoms with Gasteiger partial charge in [0.15, 0.2) is 5.13 Å². The van der Waals surface area contributed by atoms with Crippen LogP contribution in [0.5, 0.6) is 0 Å². The summed E-state index contributed by atoms with van der Waals surface area (Å²) >= 11 is 7.13. The van der Waals surface area contributed by atoms with Crippen LogP contribution >= 0.6 is 22.9 Å². The van der Waals surface area contributed by atoms with Crippen LogP contribution in [0.25, 0.3) is 0 Å². The number of halogens is 4. The van der Waals surface area contributed by atoms with Crippen molar-refractivity contribution in [2.24, 2.45) is 11.8 Å². The fraction of sp³-hybridized carbons (Fsp3) is 0.429. The van der Waals surface area contributed by atoms with Gasteiger partial charge in [0.2, 0.25) is 17.7 Å². The number of likely N-dealkylation sites (tertiary alicyclic amines) is 1. The van der Waals surface area contributed by atoms with Crippen molar-refractivity contribution in [3.8, 4) is 0 Å². The molecule has 2 unspecified atom stereocenters. The lowest BCUT2D eigenvalue weighted by Crippen LogP contribution is -2.38. The molecule has 4 rings (SSSR count). The summed E-state index contributed by atoms with van der Waals surface area (Å²) < 4.78 is 38.9. The van der Waals surface area contributed by atoms with E-state index in [4.69, 9.17) is 11.6 Å². The Morgan fingerprint density at radius 3 is 2.47 bits per heavy atom. The van der Waals surface area contributed by atoms with Crippen LogP contribution in [0.4, 0.5) is 18.3 Å². The number of carbonyl (C=O) groups is 3. The topological polar surface area (TPSA) is 79.4 Å². The highest BCUT2D eigenvalue weighted by Crippen LogP contribution is 2.38. The highest BCUT2D eigenvalue weighted by atomic mass is 35.5. The maximum Gasteiger partial charge on any atom is 0.416 e. The molecule has 6 nitrogen and oxygen atoms in total. The Bertz CT molecular complexity index is 1050. The Balaban J connectivity index is 1.39. The fourth-order valence-corrected chi connectivity index (χ4v) is 5.25. The zero-order chi connectivity index (χ0) is 23.0. The lowest BCUT2D eigenvalue weighted by Gasteiger charge is -2.19. The Labute approximate surface area is 190 Å². The Morgan fingerprint density at radius 2 is 1.84 bits per heavy atom. The quantitative estimate of drug-likeness (QED) is 0.631. The number of nitrogens with zero attached hydrogens (tertiary/aromatic N) is 2. The number of nitrogens with one attached hydrogen (secondary N) is 1. The molecule has 0 spiro atoms. The van der Waals surface area contributed by atoms with E-state index in [0.29, 0.717) is 23.3 Å². The summed E-state index contributed by atoms with van der Waals surface area (Å²) in [6.45, 7) is -0.376. The van der Waals surface area contributed by atoms with Crippen molar-refractivity contribution >= 4 is 45.8 Å².